The lowest BCUT2D eigenvalue weighted by Gasteiger charge is -2.34. The zero-order chi connectivity index (χ0) is 21.7. The molecule has 6 rings (SSSR count). The molecule has 1 saturated carbocycles. The number of aromatic nitrogens is 4. The van der Waals surface area contributed by atoms with E-state index >= 15 is 0 Å². The van der Waals surface area contributed by atoms with Crippen molar-refractivity contribution in [3.63, 3.8) is 0 Å². The Morgan fingerprint density at radius 2 is 2.00 bits per heavy atom. The quantitative estimate of drug-likeness (QED) is 0.602. The van der Waals surface area contributed by atoms with Crippen LogP contribution in [0.2, 0.25) is 0 Å². The second kappa shape index (κ2) is 8.12. The van der Waals surface area contributed by atoms with Crippen LogP contribution in [-0.4, -0.2) is 52.2 Å². The van der Waals surface area contributed by atoms with E-state index in [2.05, 4.69) is 36.0 Å². The minimum absolute atomic E-state index is 0.0313. The Hall–Kier alpha value is -2.51. The standard InChI is InChI=1S/C25H31N5O2/c1-16-13-19(16)20-14-22(29-10-12-31-15-17(29)2)28-24-18(20)6-8-26-25(24)21-7-9-27-30(21)23-5-3-4-11-32-23/h6-9,14,16-17,19,23H,3-5,10-13,15H2,1-2H3/t16-,17-,19-,23?/m1/s1. The van der Waals surface area contributed by atoms with Crippen LogP contribution in [0.5, 0.6) is 0 Å². The van der Waals surface area contributed by atoms with E-state index in [1.807, 2.05) is 23.1 Å². The molecule has 2 aliphatic heterocycles. The maximum Gasteiger partial charge on any atom is 0.150 e. The van der Waals surface area contributed by atoms with Crippen LogP contribution in [0.3, 0.4) is 0 Å². The van der Waals surface area contributed by atoms with Gasteiger partial charge in [0.25, 0.3) is 0 Å². The lowest BCUT2D eigenvalue weighted by molar-refractivity contribution is -0.0383. The number of nitrogens with zero attached hydrogens (tertiary/aromatic N) is 5. The molecule has 1 aliphatic carbocycles. The number of hydrogen-bond acceptors (Lipinski definition) is 6. The lowest BCUT2D eigenvalue weighted by atomic mass is 10.0. The van der Waals surface area contributed by atoms with Gasteiger partial charge in [0.15, 0.2) is 6.23 Å². The molecule has 3 aliphatic rings. The molecule has 2 saturated heterocycles. The molecule has 4 atom stereocenters. The van der Waals surface area contributed by atoms with Crippen molar-refractivity contribution in [1.29, 1.82) is 0 Å². The number of rotatable bonds is 4. The van der Waals surface area contributed by atoms with Crippen LogP contribution >= 0.6 is 0 Å². The van der Waals surface area contributed by atoms with E-state index in [0.29, 0.717) is 17.9 Å². The number of morpholine rings is 1. The van der Waals surface area contributed by atoms with E-state index in [0.717, 1.165) is 68.4 Å². The summed E-state index contributed by atoms with van der Waals surface area (Å²) in [5, 5.41) is 5.84. The zero-order valence-electron chi connectivity index (χ0n) is 18.9. The summed E-state index contributed by atoms with van der Waals surface area (Å²) in [6.45, 7) is 7.68. The Labute approximate surface area is 188 Å². The minimum atomic E-state index is -0.0313. The van der Waals surface area contributed by atoms with Crippen molar-refractivity contribution < 1.29 is 9.47 Å². The first kappa shape index (κ1) is 20.1. The van der Waals surface area contributed by atoms with E-state index in [-0.39, 0.29) is 6.23 Å². The van der Waals surface area contributed by atoms with Gasteiger partial charge < -0.3 is 14.4 Å². The molecule has 0 amide bonds. The fraction of sp³-hybridized carbons (Fsp3) is 0.560. The molecule has 7 heteroatoms. The summed E-state index contributed by atoms with van der Waals surface area (Å²) in [7, 11) is 0. The summed E-state index contributed by atoms with van der Waals surface area (Å²) in [6, 6.07) is 6.81. The smallest absolute Gasteiger partial charge is 0.150 e. The molecule has 168 valence electrons. The summed E-state index contributed by atoms with van der Waals surface area (Å²) < 4.78 is 13.7. The van der Waals surface area contributed by atoms with E-state index in [9.17, 15) is 0 Å². The van der Waals surface area contributed by atoms with Gasteiger partial charge in [-0.15, -0.1) is 0 Å². The first-order valence-electron chi connectivity index (χ1n) is 12.0. The van der Waals surface area contributed by atoms with Gasteiger partial charge in [-0.25, -0.2) is 9.67 Å². The number of fused-ring (bicyclic) bond motifs is 1. The summed E-state index contributed by atoms with van der Waals surface area (Å²) in [6.07, 6.45) is 8.24. The monoisotopic (exact) mass is 433 g/mol. The fourth-order valence-electron chi connectivity index (χ4n) is 5.28. The lowest BCUT2D eigenvalue weighted by Crippen LogP contribution is -2.44. The molecule has 3 fully saturated rings. The SMILES string of the molecule is C[C@@H]1C[C@H]1c1cc(N2CCOC[C@H]2C)nc2c(-c3ccnn3C3CCCCO3)nccc12. The predicted octanol–water partition coefficient (Wildman–Crippen LogP) is 4.54. The molecule has 0 spiro atoms. The molecule has 32 heavy (non-hydrogen) atoms. The van der Waals surface area contributed by atoms with E-state index in [1.54, 1.807) is 0 Å². The normalized spacial score (nSPS) is 28.2. The Bertz CT molecular complexity index is 1120. The van der Waals surface area contributed by atoms with E-state index in [1.165, 1.54) is 17.4 Å². The summed E-state index contributed by atoms with van der Waals surface area (Å²) in [5.74, 6) is 2.35. The molecule has 0 radical (unpaired) electrons. The second-order valence-electron chi connectivity index (χ2n) is 9.54. The minimum Gasteiger partial charge on any atom is -0.377 e. The van der Waals surface area contributed by atoms with Crippen molar-refractivity contribution in [3.8, 4) is 11.4 Å². The third kappa shape index (κ3) is 3.48. The van der Waals surface area contributed by atoms with Crippen molar-refractivity contribution in [2.24, 2.45) is 5.92 Å². The Balaban J connectivity index is 1.51. The van der Waals surface area contributed by atoms with Gasteiger partial charge in [0.2, 0.25) is 0 Å². The molecule has 0 bridgehead atoms. The van der Waals surface area contributed by atoms with Gasteiger partial charge in [-0.3, -0.25) is 4.98 Å². The number of pyridine rings is 2. The largest absolute Gasteiger partial charge is 0.377 e. The maximum atomic E-state index is 6.05. The van der Waals surface area contributed by atoms with Crippen LogP contribution in [-0.2, 0) is 9.47 Å². The van der Waals surface area contributed by atoms with Crippen molar-refractivity contribution in [1.82, 2.24) is 19.7 Å². The van der Waals surface area contributed by atoms with Crippen LogP contribution in [0.4, 0.5) is 5.82 Å². The topological polar surface area (TPSA) is 65.3 Å². The molecule has 0 N–H and O–H groups in total. The van der Waals surface area contributed by atoms with Crippen LogP contribution in [0.15, 0.2) is 30.6 Å². The van der Waals surface area contributed by atoms with Gasteiger partial charge in [0.1, 0.15) is 17.0 Å². The highest BCUT2D eigenvalue weighted by Crippen LogP contribution is 2.50. The molecule has 0 aromatic carbocycles. The number of hydrogen-bond donors (Lipinski definition) is 0. The van der Waals surface area contributed by atoms with Gasteiger partial charge >= 0.3 is 0 Å². The van der Waals surface area contributed by atoms with E-state index in [4.69, 9.17) is 19.4 Å². The van der Waals surface area contributed by atoms with Crippen molar-refractivity contribution >= 4 is 16.7 Å². The summed E-state index contributed by atoms with van der Waals surface area (Å²) in [4.78, 5) is 12.4. The van der Waals surface area contributed by atoms with E-state index < -0.39 is 0 Å². The molecule has 3 aromatic heterocycles. The van der Waals surface area contributed by atoms with Crippen molar-refractivity contribution in [3.05, 3.63) is 36.2 Å². The van der Waals surface area contributed by atoms with Crippen molar-refractivity contribution in [2.75, 3.05) is 31.3 Å². The highest BCUT2D eigenvalue weighted by molar-refractivity contribution is 5.94. The first-order valence-corrected chi connectivity index (χ1v) is 12.0. The molecule has 3 aromatic rings. The van der Waals surface area contributed by atoms with Crippen LogP contribution in [0.1, 0.15) is 57.2 Å². The molecule has 7 nitrogen and oxygen atoms in total. The average Bonchev–Trinajstić information content (AvgIpc) is 3.35. The average molecular weight is 434 g/mol. The van der Waals surface area contributed by atoms with Gasteiger partial charge in [0.05, 0.1) is 24.9 Å². The summed E-state index contributed by atoms with van der Waals surface area (Å²) in [5.41, 5.74) is 4.25. The fourth-order valence-corrected chi connectivity index (χ4v) is 5.28. The van der Waals surface area contributed by atoms with Crippen LogP contribution < -0.4 is 4.90 Å². The second-order valence-corrected chi connectivity index (χ2v) is 9.54. The van der Waals surface area contributed by atoms with Crippen LogP contribution in [0.25, 0.3) is 22.3 Å². The zero-order valence-corrected chi connectivity index (χ0v) is 18.9. The van der Waals surface area contributed by atoms with Gasteiger partial charge in [0, 0.05) is 30.9 Å². The molecule has 1 unspecified atom stereocenters. The van der Waals surface area contributed by atoms with Gasteiger partial charge in [-0.05, 0) is 68.2 Å². The highest BCUT2D eigenvalue weighted by Gasteiger charge is 2.36. The molecular formula is C25H31N5O2. The first-order chi connectivity index (χ1) is 15.7. The Morgan fingerprint density at radius 1 is 1.09 bits per heavy atom. The van der Waals surface area contributed by atoms with Gasteiger partial charge in [-0.1, -0.05) is 6.92 Å². The maximum absolute atomic E-state index is 6.05. The number of ether oxygens (including phenoxy) is 2. The predicted molar refractivity (Wildman–Crippen MR) is 124 cm³/mol. The third-order valence-electron chi connectivity index (χ3n) is 7.26. The molecule has 5 heterocycles. The Morgan fingerprint density at radius 3 is 2.78 bits per heavy atom. The van der Waals surface area contributed by atoms with Gasteiger partial charge in [-0.2, -0.15) is 5.10 Å². The highest BCUT2D eigenvalue weighted by atomic mass is 16.5. The summed E-state index contributed by atoms with van der Waals surface area (Å²) >= 11 is 0. The third-order valence-corrected chi connectivity index (χ3v) is 7.26. The molecular weight excluding hydrogens is 402 g/mol. The number of anilines is 1. The Kier molecular flexibility index (Phi) is 5.11. The van der Waals surface area contributed by atoms with Crippen molar-refractivity contribution in [2.45, 2.75) is 57.7 Å². The van der Waals surface area contributed by atoms with Crippen LogP contribution in [0, 0.1) is 5.92 Å².